The second-order valence-electron chi connectivity index (χ2n) is 5.00. The highest BCUT2D eigenvalue weighted by atomic mass is 35.5. The highest BCUT2D eigenvalue weighted by Gasteiger charge is 2.58. The molecule has 0 aromatic rings. The number of hydrogen-bond acceptors (Lipinski definition) is 0. The van der Waals surface area contributed by atoms with Crippen LogP contribution in [0, 0.1) is 16.7 Å². The van der Waals surface area contributed by atoms with Crippen molar-refractivity contribution in [3.8, 4) is 0 Å². The van der Waals surface area contributed by atoms with E-state index in [2.05, 4.69) is 20.4 Å². The maximum Gasteiger partial charge on any atom is 0.0288 e. The first-order valence-corrected chi connectivity index (χ1v) is 5.32. The third-order valence-electron chi connectivity index (χ3n) is 4.49. The molecule has 0 saturated heterocycles. The number of halogens is 1. The molecule has 0 aromatic heterocycles. The van der Waals surface area contributed by atoms with E-state index in [1.54, 1.807) is 0 Å². The van der Waals surface area contributed by atoms with Crippen LogP contribution in [0.2, 0.25) is 0 Å². The predicted molar refractivity (Wildman–Crippen MR) is 53.4 cm³/mol. The lowest BCUT2D eigenvalue weighted by Gasteiger charge is -2.42. The fraction of sp³-hybridized carbons (Fsp3) is 0.818. The van der Waals surface area contributed by atoms with Crippen molar-refractivity contribution in [1.82, 2.24) is 0 Å². The van der Waals surface area contributed by atoms with Crippen LogP contribution in [0.3, 0.4) is 0 Å². The molecular weight excluding hydrogens is 168 g/mol. The van der Waals surface area contributed by atoms with Crippen LogP contribution >= 0.6 is 11.6 Å². The lowest BCUT2D eigenvalue weighted by Crippen LogP contribution is -2.35. The summed E-state index contributed by atoms with van der Waals surface area (Å²) in [5.41, 5.74) is 2.13. The molecule has 0 nitrogen and oxygen atoms in total. The Morgan fingerprint density at radius 3 is 2.58 bits per heavy atom. The highest BCUT2D eigenvalue weighted by molar-refractivity contribution is 6.18. The van der Waals surface area contributed by atoms with Gasteiger partial charge in [0.05, 0.1) is 0 Å². The zero-order valence-corrected chi connectivity index (χ0v) is 8.75. The highest BCUT2D eigenvalue weighted by Crippen LogP contribution is 2.66. The van der Waals surface area contributed by atoms with E-state index in [1.807, 2.05) is 0 Å². The Kier molecular flexibility index (Phi) is 1.64. The van der Waals surface area contributed by atoms with Gasteiger partial charge in [-0.15, -0.1) is 11.6 Å². The number of fused-ring (bicyclic) bond motifs is 2. The Bertz CT molecular complexity index is 229. The Hall–Kier alpha value is 0.0300. The molecule has 2 saturated carbocycles. The number of alkyl halides is 1. The van der Waals surface area contributed by atoms with Crippen LogP contribution in [0.25, 0.3) is 0 Å². The van der Waals surface area contributed by atoms with Crippen molar-refractivity contribution < 1.29 is 0 Å². The van der Waals surface area contributed by atoms with Crippen molar-refractivity contribution in [2.75, 3.05) is 5.88 Å². The normalized spacial score (nSPS) is 43.9. The van der Waals surface area contributed by atoms with E-state index >= 15 is 0 Å². The molecule has 2 rings (SSSR count). The van der Waals surface area contributed by atoms with E-state index in [4.69, 9.17) is 11.6 Å². The summed E-state index contributed by atoms with van der Waals surface area (Å²) in [6, 6.07) is 0. The van der Waals surface area contributed by atoms with E-state index < -0.39 is 0 Å². The molecule has 0 aromatic carbocycles. The van der Waals surface area contributed by atoms with Crippen LogP contribution in [0.5, 0.6) is 0 Å². The average molecular weight is 185 g/mol. The van der Waals surface area contributed by atoms with E-state index in [9.17, 15) is 0 Å². The Morgan fingerprint density at radius 1 is 1.58 bits per heavy atom. The van der Waals surface area contributed by atoms with Gasteiger partial charge in [-0.05, 0) is 36.0 Å². The minimum Gasteiger partial charge on any atom is -0.126 e. The fourth-order valence-electron chi connectivity index (χ4n) is 3.13. The smallest absolute Gasteiger partial charge is 0.0288 e. The predicted octanol–water partition coefficient (Wildman–Crippen LogP) is 3.61. The van der Waals surface area contributed by atoms with Crippen LogP contribution in [-0.2, 0) is 0 Å². The van der Waals surface area contributed by atoms with Crippen LogP contribution in [0.15, 0.2) is 12.2 Å². The molecule has 0 radical (unpaired) electrons. The third-order valence-corrected chi connectivity index (χ3v) is 5.00. The summed E-state index contributed by atoms with van der Waals surface area (Å²) in [5.74, 6) is 1.59. The molecule has 2 atom stereocenters. The molecule has 2 fully saturated rings. The molecule has 68 valence electrons. The maximum atomic E-state index is 6.10. The molecule has 0 spiro atoms. The first kappa shape index (κ1) is 8.62. The second kappa shape index (κ2) is 2.29. The summed E-state index contributed by atoms with van der Waals surface area (Å²) in [6.45, 7) is 8.86. The quantitative estimate of drug-likeness (QED) is 0.432. The van der Waals surface area contributed by atoms with Crippen LogP contribution in [0.4, 0.5) is 0 Å². The topological polar surface area (TPSA) is 0 Å². The minimum atomic E-state index is 0.289. The van der Waals surface area contributed by atoms with Gasteiger partial charge in [-0.3, -0.25) is 0 Å². The fourth-order valence-corrected chi connectivity index (χ4v) is 3.71. The van der Waals surface area contributed by atoms with Gasteiger partial charge in [-0.25, -0.2) is 0 Å². The van der Waals surface area contributed by atoms with Gasteiger partial charge in [0.1, 0.15) is 0 Å². The largest absolute Gasteiger partial charge is 0.126 e. The summed E-state index contributed by atoms with van der Waals surface area (Å²) in [4.78, 5) is 0. The van der Waals surface area contributed by atoms with Gasteiger partial charge in [0.2, 0.25) is 0 Å². The van der Waals surface area contributed by atoms with Crippen LogP contribution in [0.1, 0.15) is 33.1 Å². The summed E-state index contributed by atoms with van der Waals surface area (Å²) < 4.78 is 0. The zero-order chi connectivity index (χ0) is 8.98. The Balaban J connectivity index is 2.41. The summed E-state index contributed by atoms with van der Waals surface area (Å²) in [5, 5.41) is 0. The van der Waals surface area contributed by atoms with Crippen molar-refractivity contribution in [3.63, 3.8) is 0 Å². The molecule has 0 aliphatic heterocycles. The first-order valence-electron chi connectivity index (χ1n) is 4.79. The van der Waals surface area contributed by atoms with Gasteiger partial charge in [0.25, 0.3) is 0 Å². The van der Waals surface area contributed by atoms with Crippen molar-refractivity contribution in [3.05, 3.63) is 12.2 Å². The molecule has 2 bridgehead atoms. The Morgan fingerprint density at radius 2 is 2.25 bits per heavy atom. The monoisotopic (exact) mass is 184 g/mol. The summed E-state index contributed by atoms with van der Waals surface area (Å²) in [6.07, 6.45) is 3.94. The van der Waals surface area contributed by atoms with Gasteiger partial charge in [0.15, 0.2) is 0 Å². The first-order chi connectivity index (χ1) is 5.53. The van der Waals surface area contributed by atoms with Crippen molar-refractivity contribution in [2.24, 2.45) is 16.7 Å². The Labute approximate surface area is 80.0 Å². The molecular formula is C11H17Cl. The molecule has 2 aliphatic rings. The van der Waals surface area contributed by atoms with Crippen LogP contribution in [-0.4, -0.2) is 5.88 Å². The molecule has 12 heavy (non-hydrogen) atoms. The summed E-state index contributed by atoms with van der Waals surface area (Å²) >= 11 is 6.10. The van der Waals surface area contributed by atoms with Crippen LogP contribution < -0.4 is 0 Å². The van der Waals surface area contributed by atoms with E-state index in [0.717, 1.165) is 11.8 Å². The third kappa shape index (κ3) is 0.750. The maximum absolute atomic E-state index is 6.10. The zero-order valence-electron chi connectivity index (χ0n) is 7.99. The minimum absolute atomic E-state index is 0.289. The lowest BCUT2D eigenvalue weighted by atomic mass is 9.64. The van der Waals surface area contributed by atoms with E-state index in [-0.39, 0.29) is 5.41 Å². The van der Waals surface area contributed by atoms with Crippen molar-refractivity contribution >= 4 is 11.6 Å². The summed E-state index contributed by atoms with van der Waals surface area (Å²) in [7, 11) is 0. The van der Waals surface area contributed by atoms with Gasteiger partial charge in [-0.1, -0.05) is 26.0 Å². The van der Waals surface area contributed by atoms with Gasteiger partial charge in [0, 0.05) is 5.88 Å². The van der Waals surface area contributed by atoms with Crippen molar-refractivity contribution in [2.45, 2.75) is 33.1 Å². The number of allylic oxidation sites excluding steroid dienone is 1. The van der Waals surface area contributed by atoms with E-state index in [1.165, 1.54) is 24.8 Å². The molecule has 0 heterocycles. The van der Waals surface area contributed by atoms with Crippen molar-refractivity contribution in [1.29, 1.82) is 0 Å². The second-order valence-corrected chi connectivity index (χ2v) is 5.27. The molecule has 2 unspecified atom stereocenters. The van der Waals surface area contributed by atoms with E-state index in [0.29, 0.717) is 5.41 Å². The number of hydrogen-bond donors (Lipinski definition) is 0. The van der Waals surface area contributed by atoms with Gasteiger partial charge < -0.3 is 0 Å². The molecule has 2 aliphatic carbocycles. The molecule has 0 amide bonds. The standard InChI is InChI=1S/C11H17Cl/c1-8-9-4-5-11(6-9,7-12)10(8,2)3/h9H,1,4-7H2,2-3H3. The van der Waals surface area contributed by atoms with Gasteiger partial charge >= 0.3 is 0 Å². The lowest BCUT2D eigenvalue weighted by molar-refractivity contribution is 0.162. The molecule has 1 heteroatoms. The van der Waals surface area contributed by atoms with Gasteiger partial charge in [-0.2, -0.15) is 0 Å². The average Bonchev–Trinajstić information content (AvgIpc) is 2.53. The SMILES string of the molecule is C=C1C2CCC(CCl)(C2)C1(C)C. The molecule has 0 N–H and O–H groups in total. The number of rotatable bonds is 1.